The number of carbonyl (C=O) groups excluding carboxylic acids is 1. The van der Waals surface area contributed by atoms with Crippen LogP contribution in [0.15, 0.2) is 24.3 Å². The monoisotopic (exact) mass is 400 g/mol. The number of halogens is 2. The number of carbonyl (C=O) groups is 1. The summed E-state index contributed by atoms with van der Waals surface area (Å²) in [7, 11) is 1.68. The van der Waals surface area contributed by atoms with Gasteiger partial charge in [-0.2, -0.15) is 0 Å². The summed E-state index contributed by atoms with van der Waals surface area (Å²) in [5.41, 5.74) is 0.946. The van der Waals surface area contributed by atoms with E-state index in [0.29, 0.717) is 13.2 Å². The van der Waals surface area contributed by atoms with Crippen LogP contribution in [0.5, 0.6) is 0 Å². The van der Waals surface area contributed by atoms with Crippen LogP contribution in [0, 0.1) is 5.41 Å². The van der Waals surface area contributed by atoms with Crippen LogP contribution in [0.25, 0.3) is 0 Å². The normalized spacial score (nSPS) is 21.0. The Labute approximate surface area is 167 Å². The molecular formula is C20H30Cl2N2O2. The van der Waals surface area contributed by atoms with Crippen molar-refractivity contribution >= 4 is 29.9 Å². The lowest BCUT2D eigenvalue weighted by molar-refractivity contribution is -0.136. The number of piperidine rings is 1. The number of ether oxygens (including phenoxy) is 1. The predicted octanol–water partition coefficient (Wildman–Crippen LogP) is 3.71. The van der Waals surface area contributed by atoms with Crippen LogP contribution in [-0.4, -0.2) is 39.3 Å². The molecule has 1 aromatic carbocycles. The summed E-state index contributed by atoms with van der Waals surface area (Å²) in [5.74, 6) is 0.149. The van der Waals surface area contributed by atoms with Gasteiger partial charge in [0.15, 0.2) is 0 Å². The standard InChI is InChI=1S/C20H29ClN2O2.ClH/c1-25-15-20(10-12-22-13-11-20)18(24)23-14-19(8-2-3-9-19)16-4-6-17(21)7-5-16;/h4-7,22H,2-3,8-15H2,1H3,(H,23,24);1H. The molecule has 1 aliphatic carbocycles. The Kier molecular flexibility index (Phi) is 7.77. The number of nitrogens with one attached hydrogen (secondary N) is 2. The van der Waals surface area contributed by atoms with Gasteiger partial charge in [-0.25, -0.2) is 0 Å². The van der Waals surface area contributed by atoms with Crippen molar-refractivity contribution in [3.8, 4) is 0 Å². The summed E-state index contributed by atoms with van der Waals surface area (Å²) in [4.78, 5) is 13.1. The zero-order valence-corrected chi connectivity index (χ0v) is 17.1. The van der Waals surface area contributed by atoms with E-state index in [1.807, 2.05) is 12.1 Å². The second-order valence-corrected chi connectivity index (χ2v) is 8.08. The average molecular weight is 401 g/mol. The molecule has 1 heterocycles. The van der Waals surface area contributed by atoms with Gasteiger partial charge in [0.05, 0.1) is 12.0 Å². The molecule has 0 bridgehead atoms. The van der Waals surface area contributed by atoms with Crippen molar-refractivity contribution in [1.82, 2.24) is 10.6 Å². The molecule has 0 radical (unpaired) electrons. The average Bonchev–Trinajstić information content (AvgIpc) is 3.11. The number of amides is 1. The maximum atomic E-state index is 13.1. The first-order chi connectivity index (χ1) is 12.1. The highest BCUT2D eigenvalue weighted by Crippen LogP contribution is 2.41. The molecule has 1 saturated heterocycles. The van der Waals surface area contributed by atoms with Gasteiger partial charge in [-0.05, 0) is 56.5 Å². The van der Waals surface area contributed by atoms with Gasteiger partial charge in [-0.15, -0.1) is 12.4 Å². The molecule has 0 aromatic heterocycles. The molecule has 146 valence electrons. The minimum absolute atomic E-state index is 0. The third-order valence-electron chi connectivity index (χ3n) is 6.07. The van der Waals surface area contributed by atoms with E-state index in [1.54, 1.807) is 7.11 Å². The van der Waals surface area contributed by atoms with Gasteiger partial charge < -0.3 is 15.4 Å². The Hall–Kier alpha value is -0.810. The van der Waals surface area contributed by atoms with Gasteiger partial charge in [0.2, 0.25) is 5.91 Å². The van der Waals surface area contributed by atoms with Crippen LogP contribution in [0.3, 0.4) is 0 Å². The van der Waals surface area contributed by atoms with Gasteiger partial charge in [-0.1, -0.05) is 36.6 Å². The number of hydrogen-bond donors (Lipinski definition) is 2. The van der Waals surface area contributed by atoms with E-state index < -0.39 is 0 Å². The van der Waals surface area contributed by atoms with Crippen LogP contribution < -0.4 is 10.6 Å². The van der Waals surface area contributed by atoms with Gasteiger partial charge >= 0.3 is 0 Å². The summed E-state index contributed by atoms with van der Waals surface area (Å²) < 4.78 is 5.40. The molecule has 1 aliphatic heterocycles. The molecule has 4 nitrogen and oxygen atoms in total. The van der Waals surface area contributed by atoms with E-state index in [4.69, 9.17) is 16.3 Å². The first-order valence-electron chi connectivity index (χ1n) is 9.34. The number of methoxy groups -OCH3 is 1. The third kappa shape index (κ3) is 4.53. The molecule has 0 spiro atoms. The number of hydrogen-bond acceptors (Lipinski definition) is 3. The second kappa shape index (κ2) is 9.41. The minimum Gasteiger partial charge on any atom is -0.384 e. The largest absolute Gasteiger partial charge is 0.384 e. The molecule has 1 amide bonds. The van der Waals surface area contributed by atoms with E-state index in [0.717, 1.165) is 43.8 Å². The van der Waals surface area contributed by atoms with Crippen LogP contribution in [0.4, 0.5) is 0 Å². The Bertz CT molecular complexity index is 574. The van der Waals surface area contributed by atoms with Crippen molar-refractivity contribution < 1.29 is 9.53 Å². The molecule has 0 atom stereocenters. The molecule has 1 aromatic rings. The Morgan fingerprint density at radius 1 is 1.15 bits per heavy atom. The van der Waals surface area contributed by atoms with Gasteiger partial charge in [0, 0.05) is 24.1 Å². The number of benzene rings is 1. The Balaban J connectivity index is 0.00000243. The van der Waals surface area contributed by atoms with Crippen molar-refractivity contribution in [1.29, 1.82) is 0 Å². The molecule has 6 heteroatoms. The highest BCUT2D eigenvalue weighted by molar-refractivity contribution is 6.30. The minimum atomic E-state index is -0.389. The molecule has 3 rings (SSSR count). The summed E-state index contributed by atoms with van der Waals surface area (Å²) in [6.07, 6.45) is 6.33. The van der Waals surface area contributed by atoms with Crippen molar-refractivity contribution in [3.63, 3.8) is 0 Å². The predicted molar refractivity (Wildman–Crippen MR) is 108 cm³/mol. The topological polar surface area (TPSA) is 50.4 Å². The fourth-order valence-corrected chi connectivity index (χ4v) is 4.60. The van der Waals surface area contributed by atoms with Crippen molar-refractivity contribution in [3.05, 3.63) is 34.9 Å². The molecule has 26 heavy (non-hydrogen) atoms. The van der Waals surface area contributed by atoms with Crippen LogP contribution in [0.2, 0.25) is 5.02 Å². The highest BCUT2D eigenvalue weighted by atomic mass is 35.5. The van der Waals surface area contributed by atoms with E-state index in [9.17, 15) is 4.79 Å². The number of rotatable bonds is 6. The lowest BCUT2D eigenvalue weighted by atomic mass is 9.76. The zero-order chi connectivity index (χ0) is 17.8. The summed E-state index contributed by atoms with van der Waals surface area (Å²) in [6, 6.07) is 8.15. The van der Waals surface area contributed by atoms with Crippen molar-refractivity contribution in [2.24, 2.45) is 5.41 Å². The Morgan fingerprint density at radius 3 is 2.35 bits per heavy atom. The van der Waals surface area contributed by atoms with E-state index in [1.165, 1.54) is 18.4 Å². The quantitative estimate of drug-likeness (QED) is 0.764. The van der Waals surface area contributed by atoms with Gasteiger partial charge in [0.1, 0.15) is 0 Å². The van der Waals surface area contributed by atoms with Gasteiger partial charge in [-0.3, -0.25) is 4.79 Å². The molecule has 2 fully saturated rings. The van der Waals surface area contributed by atoms with Crippen LogP contribution in [0.1, 0.15) is 44.1 Å². The highest BCUT2D eigenvalue weighted by Gasteiger charge is 2.42. The van der Waals surface area contributed by atoms with Crippen LogP contribution >= 0.6 is 24.0 Å². The lowest BCUT2D eigenvalue weighted by Crippen LogP contribution is -2.52. The maximum Gasteiger partial charge on any atom is 0.228 e. The van der Waals surface area contributed by atoms with Crippen molar-refractivity contribution in [2.45, 2.75) is 43.9 Å². The van der Waals surface area contributed by atoms with E-state index in [-0.39, 0.29) is 29.1 Å². The third-order valence-corrected chi connectivity index (χ3v) is 6.32. The van der Waals surface area contributed by atoms with E-state index in [2.05, 4.69) is 22.8 Å². The fourth-order valence-electron chi connectivity index (χ4n) is 4.48. The molecule has 1 saturated carbocycles. The van der Waals surface area contributed by atoms with Crippen LogP contribution in [-0.2, 0) is 14.9 Å². The maximum absolute atomic E-state index is 13.1. The van der Waals surface area contributed by atoms with E-state index >= 15 is 0 Å². The lowest BCUT2D eigenvalue weighted by Gasteiger charge is -2.37. The summed E-state index contributed by atoms with van der Waals surface area (Å²) >= 11 is 6.06. The first-order valence-corrected chi connectivity index (χ1v) is 9.72. The Morgan fingerprint density at radius 2 is 1.77 bits per heavy atom. The second-order valence-electron chi connectivity index (χ2n) is 7.64. The smallest absolute Gasteiger partial charge is 0.228 e. The molecular weight excluding hydrogens is 371 g/mol. The summed E-state index contributed by atoms with van der Waals surface area (Å²) in [6.45, 7) is 2.94. The van der Waals surface area contributed by atoms with Gasteiger partial charge in [0.25, 0.3) is 0 Å². The molecule has 2 N–H and O–H groups in total. The summed E-state index contributed by atoms with van der Waals surface area (Å²) in [5, 5.41) is 7.39. The SMILES string of the molecule is COCC1(C(=O)NCC2(c3ccc(Cl)cc3)CCCC2)CCNCC1.Cl. The molecule has 2 aliphatic rings. The first kappa shape index (κ1) is 21.5. The van der Waals surface area contributed by atoms with Crippen molar-refractivity contribution in [2.75, 3.05) is 33.4 Å². The fraction of sp³-hybridized carbons (Fsp3) is 0.650. The molecule has 0 unspecified atom stereocenters. The zero-order valence-electron chi connectivity index (χ0n) is 15.5.